The monoisotopic (exact) mass is 441 g/mol. The first-order chi connectivity index (χ1) is 14.0. The summed E-state index contributed by atoms with van der Waals surface area (Å²) < 4.78 is 38.2. The first kappa shape index (κ1) is 22.7. The average Bonchev–Trinajstić information content (AvgIpc) is 2.72. The van der Waals surface area contributed by atoms with Crippen molar-refractivity contribution in [3.05, 3.63) is 59.2 Å². The zero-order chi connectivity index (χ0) is 20.4. The minimum absolute atomic E-state index is 0. The summed E-state index contributed by atoms with van der Waals surface area (Å²) in [4.78, 5) is 0. The summed E-state index contributed by atoms with van der Waals surface area (Å²) in [6, 6.07) is 8.79. The molecule has 0 aliphatic carbocycles. The average molecular weight is 442 g/mol. The number of aliphatic hydroxyl groups excluding tert-OH is 2. The van der Waals surface area contributed by atoms with Crippen molar-refractivity contribution >= 4 is 12.4 Å². The molecular weight excluding hydrogens is 416 g/mol. The van der Waals surface area contributed by atoms with Crippen LogP contribution in [-0.2, 0) is 12.8 Å². The zero-order valence-corrected chi connectivity index (χ0v) is 17.2. The van der Waals surface area contributed by atoms with Gasteiger partial charge >= 0.3 is 0 Å². The van der Waals surface area contributed by atoms with E-state index in [1.165, 1.54) is 24.3 Å². The van der Waals surface area contributed by atoms with Gasteiger partial charge in [0.25, 0.3) is 0 Å². The number of aryl methyl sites for hydroxylation is 2. The lowest BCUT2D eigenvalue weighted by atomic mass is 9.98. The third kappa shape index (κ3) is 5.21. The normalized spacial score (nSPS) is 21.9. The molecule has 8 heteroatoms. The number of benzene rings is 2. The Bertz CT molecular complexity index is 800. The van der Waals surface area contributed by atoms with E-state index in [1.54, 1.807) is 12.1 Å². The van der Waals surface area contributed by atoms with E-state index in [0.717, 1.165) is 11.1 Å². The summed E-state index contributed by atoms with van der Waals surface area (Å²) in [5.41, 5.74) is 1.62. The zero-order valence-electron chi connectivity index (χ0n) is 16.4. The molecule has 2 unspecified atom stereocenters. The lowest BCUT2D eigenvalue weighted by molar-refractivity contribution is 0.00892. The molecule has 5 nitrogen and oxygen atoms in total. The molecular formula is C22H26ClF2NO4. The molecule has 4 rings (SSSR count). The van der Waals surface area contributed by atoms with Crippen LogP contribution in [0, 0.1) is 11.6 Å². The van der Waals surface area contributed by atoms with E-state index >= 15 is 0 Å². The van der Waals surface area contributed by atoms with Gasteiger partial charge in [-0.1, -0.05) is 0 Å². The fourth-order valence-corrected chi connectivity index (χ4v) is 3.94. The molecule has 30 heavy (non-hydrogen) atoms. The highest BCUT2D eigenvalue weighted by atomic mass is 35.5. The van der Waals surface area contributed by atoms with Crippen molar-refractivity contribution in [3.8, 4) is 11.5 Å². The van der Waals surface area contributed by atoms with Gasteiger partial charge in [-0.15, -0.1) is 12.4 Å². The smallest absolute Gasteiger partial charge is 0.126 e. The predicted molar refractivity (Wildman–Crippen MR) is 110 cm³/mol. The molecule has 2 aromatic carbocycles. The number of nitrogens with one attached hydrogen (secondary N) is 1. The maximum Gasteiger partial charge on any atom is 0.126 e. The van der Waals surface area contributed by atoms with Crippen molar-refractivity contribution in [2.45, 2.75) is 50.1 Å². The van der Waals surface area contributed by atoms with Crippen molar-refractivity contribution < 1.29 is 28.5 Å². The van der Waals surface area contributed by atoms with Crippen molar-refractivity contribution in [2.24, 2.45) is 0 Å². The molecule has 0 saturated heterocycles. The molecule has 0 saturated carbocycles. The van der Waals surface area contributed by atoms with Gasteiger partial charge in [0.1, 0.15) is 47.5 Å². The number of hydrogen-bond acceptors (Lipinski definition) is 5. The van der Waals surface area contributed by atoms with E-state index in [0.29, 0.717) is 37.2 Å². The van der Waals surface area contributed by atoms with Gasteiger partial charge in [-0.05, 0) is 73.2 Å². The van der Waals surface area contributed by atoms with Crippen LogP contribution in [0.4, 0.5) is 8.78 Å². The van der Waals surface area contributed by atoms with E-state index in [-0.39, 0.29) is 49.3 Å². The molecule has 2 aliphatic rings. The lowest BCUT2D eigenvalue weighted by Crippen LogP contribution is -2.46. The third-order valence-corrected chi connectivity index (χ3v) is 5.56. The Morgan fingerprint density at radius 1 is 0.833 bits per heavy atom. The summed E-state index contributed by atoms with van der Waals surface area (Å²) in [6.07, 6.45) is 0.214. The van der Waals surface area contributed by atoms with Gasteiger partial charge in [0.15, 0.2) is 0 Å². The minimum Gasteiger partial charge on any atom is -0.487 e. The van der Waals surface area contributed by atoms with E-state index in [4.69, 9.17) is 9.47 Å². The Kier molecular flexibility index (Phi) is 7.52. The summed E-state index contributed by atoms with van der Waals surface area (Å²) in [5.74, 6) is 0.624. The van der Waals surface area contributed by atoms with Crippen LogP contribution in [0.2, 0.25) is 0 Å². The molecule has 2 heterocycles. The Morgan fingerprint density at radius 2 is 1.27 bits per heavy atom. The molecule has 4 atom stereocenters. The maximum atomic E-state index is 13.3. The summed E-state index contributed by atoms with van der Waals surface area (Å²) >= 11 is 0. The number of halogens is 3. The molecule has 0 bridgehead atoms. The molecule has 164 valence electrons. The SMILES string of the molecule is Cl.O[C@@H](CNC[C@H](O)C1CCc2cc(F)ccc2O1)C1CCc2cc(F)ccc2O1. The molecule has 3 N–H and O–H groups in total. The second-order valence-corrected chi connectivity index (χ2v) is 7.69. The third-order valence-electron chi connectivity index (χ3n) is 5.56. The van der Waals surface area contributed by atoms with Gasteiger partial charge in [-0.3, -0.25) is 0 Å². The fourth-order valence-electron chi connectivity index (χ4n) is 3.94. The van der Waals surface area contributed by atoms with Crippen molar-refractivity contribution in [3.63, 3.8) is 0 Å². The van der Waals surface area contributed by atoms with Gasteiger partial charge in [-0.2, -0.15) is 0 Å². The maximum absolute atomic E-state index is 13.3. The topological polar surface area (TPSA) is 71.0 Å². The van der Waals surface area contributed by atoms with E-state index in [2.05, 4.69) is 5.32 Å². The van der Waals surface area contributed by atoms with Crippen molar-refractivity contribution in [1.29, 1.82) is 0 Å². The van der Waals surface area contributed by atoms with E-state index in [1.807, 2.05) is 0 Å². The van der Waals surface area contributed by atoms with Gasteiger partial charge < -0.3 is 25.0 Å². The standard InChI is InChI=1S/C22H25F2NO4.ClH/c23-15-3-7-19-13(9-15)1-5-21(28-19)17(26)11-25-12-18(27)22-6-2-14-10-16(24)4-8-20(14)29-22;/h3-4,7-10,17-18,21-22,25-27H,1-2,5-6,11-12H2;1H/t17-,18-,21?,22?;/m0./s1. The Balaban J connectivity index is 0.00000256. The van der Waals surface area contributed by atoms with Gasteiger partial charge in [0.05, 0.1) is 0 Å². The number of hydrogen-bond donors (Lipinski definition) is 3. The van der Waals surface area contributed by atoms with Crippen LogP contribution in [-0.4, -0.2) is 47.7 Å². The minimum atomic E-state index is -0.753. The Morgan fingerprint density at radius 3 is 1.70 bits per heavy atom. The van der Waals surface area contributed by atoms with Crippen molar-refractivity contribution in [2.75, 3.05) is 13.1 Å². The molecule has 0 spiro atoms. The summed E-state index contributed by atoms with van der Waals surface area (Å²) in [6.45, 7) is 0.513. The van der Waals surface area contributed by atoms with Crippen LogP contribution in [0.25, 0.3) is 0 Å². The molecule has 2 aliphatic heterocycles. The van der Waals surface area contributed by atoms with Crippen LogP contribution < -0.4 is 14.8 Å². The number of aliphatic hydroxyl groups is 2. The quantitative estimate of drug-likeness (QED) is 0.643. The summed E-state index contributed by atoms with van der Waals surface area (Å²) in [5, 5.41) is 23.9. The molecule has 0 aromatic heterocycles. The molecule has 0 amide bonds. The van der Waals surface area contributed by atoms with Crippen LogP contribution in [0.3, 0.4) is 0 Å². The Hall–Kier alpha value is -1.93. The second kappa shape index (κ2) is 9.92. The van der Waals surface area contributed by atoms with Crippen molar-refractivity contribution in [1.82, 2.24) is 5.32 Å². The highest BCUT2D eigenvalue weighted by Gasteiger charge is 2.29. The molecule has 2 aromatic rings. The predicted octanol–water partition coefficient (Wildman–Crippen LogP) is 2.79. The number of ether oxygens (including phenoxy) is 2. The lowest BCUT2D eigenvalue weighted by Gasteiger charge is -2.31. The van der Waals surface area contributed by atoms with Crippen LogP contribution in [0.15, 0.2) is 36.4 Å². The van der Waals surface area contributed by atoms with E-state index in [9.17, 15) is 19.0 Å². The fraction of sp³-hybridized carbons (Fsp3) is 0.455. The second-order valence-electron chi connectivity index (χ2n) is 7.69. The first-order valence-electron chi connectivity index (χ1n) is 9.96. The molecule has 0 fully saturated rings. The largest absolute Gasteiger partial charge is 0.487 e. The number of fused-ring (bicyclic) bond motifs is 2. The Labute approximate surface area is 180 Å². The van der Waals surface area contributed by atoms with E-state index < -0.39 is 12.2 Å². The highest BCUT2D eigenvalue weighted by molar-refractivity contribution is 5.85. The first-order valence-corrected chi connectivity index (χ1v) is 9.96. The van der Waals surface area contributed by atoms with Crippen LogP contribution >= 0.6 is 12.4 Å². The van der Waals surface area contributed by atoms with Gasteiger partial charge in [0.2, 0.25) is 0 Å². The van der Waals surface area contributed by atoms with Gasteiger partial charge in [0, 0.05) is 13.1 Å². The summed E-state index contributed by atoms with van der Waals surface area (Å²) in [7, 11) is 0. The van der Waals surface area contributed by atoms with Crippen LogP contribution in [0.1, 0.15) is 24.0 Å². The molecule has 0 radical (unpaired) electrons. The van der Waals surface area contributed by atoms with Crippen LogP contribution in [0.5, 0.6) is 11.5 Å². The van der Waals surface area contributed by atoms with Gasteiger partial charge in [-0.25, -0.2) is 8.78 Å². The highest BCUT2D eigenvalue weighted by Crippen LogP contribution is 2.30. The number of rotatable bonds is 6.